The van der Waals surface area contributed by atoms with Gasteiger partial charge in [0.2, 0.25) is 29.5 Å². The third-order valence-electron chi connectivity index (χ3n) is 6.02. The van der Waals surface area contributed by atoms with Crippen LogP contribution in [-0.2, 0) is 38.4 Å². The van der Waals surface area contributed by atoms with Crippen molar-refractivity contribution in [3.63, 3.8) is 0 Å². The highest BCUT2D eigenvalue weighted by atomic mass is 16.4. The Morgan fingerprint density at radius 2 is 1.36 bits per heavy atom. The minimum absolute atomic E-state index is 0.0227. The summed E-state index contributed by atoms with van der Waals surface area (Å²) in [4.78, 5) is 100. The van der Waals surface area contributed by atoms with Crippen LogP contribution < -0.4 is 43.8 Å². The molecule has 0 spiro atoms. The third kappa shape index (κ3) is 17.0. The molecule has 0 heterocycles. The quantitative estimate of drug-likeness (QED) is 0.0318. The van der Waals surface area contributed by atoms with Gasteiger partial charge in [-0.2, -0.15) is 0 Å². The smallest absolute Gasteiger partial charge is 0.326 e. The van der Waals surface area contributed by atoms with Crippen LogP contribution in [0.15, 0.2) is 4.99 Å². The molecule has 0 saturated heterocycles. The lowest BCUT2D eigenvalue weighted by molar-refractivity contribution is -0.144. The number of aliphatic carboxylic acids is 3. The summed E-state index contributed by atoms with van der Waals surface area (Å²) < 4.78 is 0. The van der Waals surface area contributed by atoms with Crippen LogP contribution in [0.2, 0.25) is 0 Å². The van der Waals surface area contributed by atoms with E-state index in [1.54, 1.807) is 13.8 Å². The van der Waals surface area contributed by atoms with Gasteiger partial charge >= 0.3 is 17.9 Å². The highest BCUT2D eigenvalue weighted by Gasteiger charge is 2.30. The Morgan fingerprint density at radius 1 is 0.733 bits per heavy atom. The molecule has 0 aliphatic carbocycles. The molecule has 0 aromatic heterocycles. The van der Waals surface area contributed by atoms with Gasteiger partial charge in [0.05, 0.1) is 19.0 Å². The van der Waals surface area contributed by atoms with Crippen LogP contribution >= 0.6 is 0 Å². The van der Waals surface area contributed by atoms with E-state index in [9.17, 15) is 48.6 Å². The van der Waals surface area contributed by atoms with Gasteiger partial charge < -0.3 is 59.1 Å². The van der Waals surface area contributed by atoms with Gasteiger partial charge in [0.15, 0.2) is 5.96 Å². The maximum absolute atomic E-state index is 12.8. The van der Waals surface area contributed by atoms with E-state index in [1.165, 1.54) is 6.92 Å². The van der Waals surface area contributed by atoms with E-state index in [4.69, 9.17) is 22.3 Å². The minimum Gasteiger partial charge on any atom is -0.481 e. The lowest BCUT2D eigenvalue weighted by Crippen LogP contribution is -2.57. The molecule has 5 atom stereocenters. The maximum atomic E-state index is 12.8. The Hall–Kier alpha value is -5.01. The second kappa shape index (κ2) is 20.0. The molecule has 0 bridgehead atoms. The average Bonchev–Trinajstić information content (AvgIpc) is 2.93. The Morgan fingerprint density at radius 3 is 1.87 bits per heavy atom. The summed E-state index contributed by atoms with van der Waals surface area (Å²) in [5, 5.41) is 38.4. The fourth-order valence-corrected chi connectivity index (χ4v) is 3.55. The molecule has 0 aliphatic rings. The maximum Gasteiger partial charge on any atom is 0.326 e. The number of carboxylic acid groups (broad SMARTS) is 3. The van der Waals surface area contributed by atoms with Crippen LogP contribution in [-0.4, -0.2) is 112 Å². The van der Waals surface area contributed by atoms with E-state index in [1.807, 2.05) is 0 Å². The molecule has 20 nitrogen and oxygen atoms in total. The summed E-state index contributed by atoms with van der Waals surface area (Å²) in [7, 11) is 0. The molecule has 254 valence electrons. The number of nitrogens with two attached hydrogens (primary N) is 3. The number of nitrogens with zero attached hydrogens (tertiary/aromatic N) is 1. The number of hydrogen-bond acceptors (Lipinski definition) is 10. The zero-order valence-electron chi connectivity index (χ0n) is 25.2. The minimum atomic E-state index is -1.69. The summed E-state index contributed by atoms with van der Waals surface area (Å²) in [5.41, 5.74) is 16.2. The summed E-state index contributed by atoms with van der Waals surface area (Å²) in [6.45, 7) is 3.66. The van der Waals surface area contributed by atoms with Crippen molar-refractivity contribution >= 4 is 53.4 Å². The summed E-state index contributed by atoms with van der Waals surface area (Å²) in [6.07, 6.45) is -1.33. The molecule has 0 rings (SSSR count). The number of carbonyl (C=O) groups is 8. The molecule has 0 radical (unpaired) electrons. The topological polar surface area (TPSA) is 348 Å². The number of carbonyl (C=O) groups excluding carboxylic acids is 5. The lowest BCUT2D eigenvalue weighted by atomic mass is 10.0. The van der Waals surface area contributed by atoms with Crippen molar-refractivity contribution in [2.45, 2.75) is 83.1 Å². The summed E-state index contributed by atoms with van der Waals surface area (Å²) >= 11 is 0. The standard InChI is InChI=1S/C25H43N9O11/c1-11(2)19(24(44)45)34-20(40)12(3)31-23(43)15(9-18(38)39)32-16(35)10-30-22(42)14(5-4-8-29-25(27)28)33-21(41)13(26)6-7-17(36)37/h11-15,19H,4-10,26H2,1-3H3,(H,30,42)(H,31,43)(H,32,35)(H,33,41)(H,34,40)(H,36,37)(H,38,39)(H,44,45)(H4,27,28,29)/t12-,13-,14-,15-,19-/m0/s1. The number of nitrogens with one attached hydrogen (secondary N) is 5. The van der Waals surface area contributed by atoms with Crippen molar-refractivity contribution in [2.75, 3.05) is 13.1 Å². The molecule has 14 N–H and O–H groups in total. The van der Waals surface area contributed by atoms with Gasteiger partial charge in [0, 0.05) is 13.0 Å². The number of carboxylic acids is 3. The van der Waals surface area contributed by atoms with Crippen LogP contribution in [0.4, 0.5) is 0 Å². The highest BCUT2D eigenvalue weighted by Crippen LogP contribution is 2.04. The Bertz CT molecular complexity index is 1130. The van der Waals surface area contributed by atoms with E-state index in [-0.39, 0.29) is 31.8 Å². The lowest BCUT2D eigenvalue weighted by Gasteiger charge is -2.23. The first-order valence-corrected chi connectivity index (χ1v) is 13.8. The van der Waals surface area contributed by atoms with Gasteiger partial charge in [-0.1, -0.05) is 13.8 Å². The van der Waals surface area contributed by atoms with Gasteiger partial charge in [-0.05, 0) is 32.1 Å². The zero-order valence-corrected chi connectivity index (χ0v) is 25.2. The Balaban J connectivity index is 5.40. The van der Waals surface area contributed by atoms with Gasteiger partial charge in [0.25, 0.3) is 0 Å². The largest absolute Gasteiger partial charge is 0.481 e. The molecule has 0 unspecified atom stereocenters. The normalized spacial score (nSPS) is 14.0. The van der Waals surface area contributed by atoms with Gasteiger partial charge in [-0.15, -0.1) is 0 Å². The number of rotatable bonds is 21. The first-order valence-electron chi connectivity index (χ1n) is 13.8. The molecule has 0 aromatic carbocycles. The predicted molar refractivity (Wildman–Crippen MR) is 156 cm³/mol. The second-order valence-electron chi connectivity index (χ2n) is 10.3. The van der Waals surface area contributed by atoms with Crippen LogP contribution in [0.5, 0.6) is 0 Å². The van der Waals surface area contributed by atoms with E-state index in [2.05, 4.69) is 31.6 Å². The Kier molecular flexibility index (Phi) is 17.8. The van der Waals surface area contributed by atoms with E-state index in [0.717, 1.165) is 0 Å². The predicted octanol–water partition coefficient (Wildman–Crippen LogP) is -4.48. The number of hydrogen-bond donors (Lipinski definition) is 11. The number of aliphatic imine (C=N–C) groups is 1. The summed E-state index contributed by atoms with van der Waals surface area (Å²) in [6, 6.07) is -6.76. The fourth-order valence-electron chi connectivity index (χ4n) is 3.55. The molecule has 5 amide bonds. The van der Waals surface area contributed by atoms with Crippen molar-refractivity contribution in [2.24, 2.45) is 28.1 Å². The van der Waals surface area contributed by atoms with Gasteiger partial charge in [-0.25, -0.2) is 4.79 Å². The SMILES string of the molecule is CC(C)[C@H](NC(=O)[C@H](C)NC(=O)[C@H](CC(=O)O)NC(=O)CNC(=O)[C@H](CCCN=C(N)N)NC(=O)[C@@H](N)CCC(=O)O)C(=O)O. The van der Waals surface area contributed by atoms with Gasteiger partial charge in [0.1, 0.15) is 24.2 Å². The zero-order chi connectivity index (χ0) is 34.9. The van der Waals surface area contributed by atoms with Crippen LogP contribution in [0.25, 0.3) is 0 Å². The number of guanidine groups is 1. The van der Waals surface area contributed by atoms with Crippen molar-refractivity contribution in [1.29, 1.82) is 0 Å². The van der Waals surface area contributed by atoms with Crippen molar-refractivity contribution < 1.29 is 53.7 Å². The first kappa shape index (κ1) is 40.0. The average molecular weight is 646 g/mol. The van der Waals surface area contributed by atoms with Crippen LogP contribution in [0, 0.1) is 5.92 Å². The van der Waals surface area contributed by atoms with Crippen LogP contribution in [0.1, 0.15) is 52.9 Å². The van der Waals surface area contributed by atoms with Crippen molar-refractivity contribution in [1.82, 2.24) is 26.6 Å². The Labute approximate surface area is 258 Å². The van der Waals surface area contributed by atoms with E-state index < -0.39 is 103 Å². The van der Waals surface area contributed by atoms with E-state index >= 15 is 0 Å². The first-order chi connectivity index (χ1) is 20.8. The monoisotopic (exact) mass is 645 g/mol. The molecule has 20 heteroatoms. The number of amides is 5. The van der Waals surface area contributed by atoms with Gasteiger partial charge in [-0.3, -0.25) is 38.6 Å². The molecule has 45 heavy (non-hydrogen) atoms. The molecule has 0 saturated carbocycles. The van der Waals surface area contributed by atoms with Crippen LogP contribution in [0.3, 0.4) is 0 Å². The van der Waals surface area contributed by atoms with Crippen molar-refractivity contribution in [3.05, 3.63) is 0 Å². The molecular weight excluding hydrogens is 602 g/mol. The molecule has 0 fully saturated rings. The third-order valence-corrected chi connectivity index (χ3v) is 6.02. The molecule has 0 aliphatic heterocycles. The molecular formula is C25H43N9O11. The molecule has 0 aromatic rings. The second-order valence-corrected chi connectivity index (χ2v) is 10.3. The fraction of sp³-hybridized carbons (Fsp3) is 0.640. The van der Waals surface area contributed by atoms with E-state index in [0.29, 0.717) is 0 Å². The summed E-state index contributed by atoms with van der Waals surface area (Å²) in [5.74, 6) is -9.29. The highest BCUT2D eigenvalue weighted by molar-refractivity contribution is 5.96. The van der Waals surface area contributed by atoms with Crippen molar-refractivity contribution in [3.8, 4) is 0 Å².